The molecule has 4 aromatic rings. The number of anilines is 2. The molecule has 1 saturated heterocycles. The van der Waals surface area contributed by atoms with Crippen molar-refractivity contribution >= 4 is 23.2 Å². The summed E-state index contributed by atoms with van der Waals surface area (Å²) in [5.41, 5.74) is 3.11. The van der Waals surface area contributed by atoms with Gasteiger partial charge in [-0.15, -0.1) is 0 Å². The molecule has 41 heavy (non-hydrogen) atoms. The monoisotopic (exact) mass is 554 g/mol. The molecule has 1 N–H and O–H groups in total. The van der Waals surface area contributed by atoms with Crippen LogP contribution in [-0.2, 0) is 6.18 Å². The van der Waals surface area contributed by atoms with Crippen molar-refractivity contribution in [2.24, 2.45) is 0 Å². The second kappa shape index (κ2) is 11.6. The number of benzene rings is 4. The summed E-state index contributed by atoms with van der Waals surface area (Å²) in [5.74, 6) is -0.475. The molecule has 1 aliphatic rings. The van der Waals surface area contributed by atoms with Crippen LogP contribution in [0, 0.1) is 11.3 Å². The normalized spacial score (nSPS) is 13.4. The van der Waals surface area contributed by atoms with Crippen LogP contribution in [-0.4, -0.2) is 42.9 Å². The number of alkyl halides is 3. The van der Waals surface area contributed by atoms with E-state index in [-0.39, 0.29) is 11.8 Å². The standard InChI is InChI=1S/C32H25F3N4O2/c33-32(34,35)25-10-8-23(9-11-25)28-6-1-2-7-29(28)30(40)37-26-12-14-27(15-13-26)38-16-18-39(19-17-38)31(41)24-5-3-4-22(20-24)21-36/h1-15,20H,16-19H2,(H,37,40). The van der Waals surface area contributed by atoms with Gasteiger partial charge in [0.2, 0.25) is 0 Å². The minimum atomic E-state index is -4.43. The lowest BCUT2D eigenvalue weighted by Crippen LogP contribution is -2.48. The van der Waals surface area contributed by atoms with Gasteiger partial charge in [-0.1, -0.05) is 36.4 Å². The van der Waals surface area contributed by atoms with Crippen molar-refractivity contribution in [3.63, 3.8) is 0 Å². The quantitative estimate of drug-likeness (QED) is 0.307. The van der Waals surface area contributed by atoms with Gasteiger partial charge in [0, 0.05) is 48.7 Å². The highest BCUT2D eigenvalue weighted by Gasteiger charge is 2.30. The summed E-state index contributed by atoms with van der Waals surface area (Å²) in [6.45, 7) is 2.34. The Morgan fingerprint density at radius 2 is 1.49 bits per heavy atom. The van der Waals surface area contributed by atoms with Crippen molar-refractivity contribution < 1.29 is 22.8 Å². The summed E-state index contributed by atoms with van der Waals surface area (Å²) in [6, 6.07) is 27.6. The molecule has 0 radical (unpaired) electrons. The summed E-state index contributed by atoms with van der Waals surface area (Å²) in [7, 11) is 0. The van der Waals surface area contributed by atoms with Gasteiger partial charge in [-0.2, -0.15) is 18.4 Å². The van der Waals surface area contributed by atoms with Crippen LogP contribution in [0.25, 0.3) is 11.1 Å². The van der Waals surface area contributed by atoms with Gasteiger partial charge in [0.15, 0.2) is 0 Å². The Bertz CT molecular complexity index is 1600. The van der Waals surface area contributed by atoms with Gasteiger partial charge in [-0.05, 0) is 71.8 Å². The van der Waals surface area contributed by atoms with E-state index in [1.54, 1.807) is 65.6 Å². The predicted octanol–water partition coefficient (Wildman–Crippen LogP) is 6.46. The number of carbonyl (C=O) groups is 2. The molecule has 206 valence electrons. The van der Waals surface area contributed by atoms with E-state index in [0.29, 0.717) is 59.7 Å². The number of halogens is 3. The van der Waals surface area contributed by atoms with Crippen LogP contribution in [0.2, 0.25) is 0 Å². The largest absolute Gasteiger partial charge is 0.416 e. The molecule has 4 aromatic carbocycles. The van der Waals surface area contributed by atoms with E-state index in [2.05, 4.69) is 16.3 Å². The molecule has 1 heterocycles. The van der Waals surface area contributed by atoms with Crippen molar-refractivity contribution in [2.75, 3.05) is 36.4 Å². The molecule has 0 aromatic heterocycles. The Morgan fingerprint density at radius 3 is 2.15 bits per heavy atom. The van der Waals surface area contributed by atoms with Crippen LogP contribution in [0.4, 0.5) is 24.5 Å². The number of nitrogens with one attached hydrogen (secondary N) is 1. The third-order valence-corrected chi connectivity index (χ3v) is 6.99. The summed E-state index contributed by atoms with van der Waals surface area (Å²) in [6.07, 6.45) is -4.43. The number of carbonyl (C=O) groups excluding carboxylic acids is 2. The fraction of sp³-hybridized carbons (Fsp3) is 0.156. The molecule has 2 amide bonds. The van der Waals surface area contributed by atoms with E-state index in [1.807, 2.05) is 12.1 Å². The Hall–Kier alpha value is -5.10. The average Bonchev–Trinajstić information content (AvgIpc) is 3.01. The highest BCUT2D eigenvalue weighted by atomic mass is 19.4. The van der Waals surface area contributed by atoms with Crippen molar-refractivity contribution in [1.82, 2.24) is 4.90 Å². The third-order valence-electron chi connectivity index (χ3n) is 6.99. The van der Waals surface area contributed by atoms with Gasteiger partial charge in [-0.3, -0.25) is 9.59 Å². The molecule has 5 rings (SSSR count). The number of hydrogen-bond acceptors (Lipinski definition) is 4. The molecular weight excluding hydrogens is 529 g/mol. The lowest BCUT2D eigenvalue weighted by molar-refractivity contribution is -0.137. The third kappa shape index (κ3) is 6.23. The van der Waals surface area contributed by atoms with Gasteiger partial charge in [0.25, 0.3) is 11.8 Å². The van der Waals surface area contributed by atoms with Crippen LogP contribution in [0.1, 0.15) is 31.8 Å². The van der Waals surface area contributed by atoms with Crippen LogP contribution in [0.15, 0.2) is 97.1 Å². The molecule has 0 spiro atoms. The Morgan fingerprint density at radius 1 is 0.805 bits per heavy atom. The molecular formula is C32H25F3N4O2. The molecule has 0 atom stereocenters. The van der Waals surface area contributed by atoms with E-state index in [4.69, 9.17) is 5.26 Å². The van der Waals surface area contributed by atoms with E-state index < -0.39 is 11.7 Å². The van der Waals surface area contributed by atoms with E-state index in [0.717, 1.165) is 17.8 Å². The molecule has 0 bridgehead atoms. The van der Waals surface area contributed by atoms with Crippen molar-refractivity contribution in [2.45, 2.75) is 6.18 Å². The Labute approximate surface area is 235 Å². The lowest BCUT2D eigenvalue weighted by Gasteiger charge is -2.36. The fourth-order valence-electron chi connectivity index (χ4n) is 4.80. The maximum Gasteiger partial charge on any atom is 0.416 e. The topological polar surface area (TPSA) is 76.4 Å². The number of nitriles is 1. The zero-order valence-corrected chi connectivity index (χ0v) is 21.9. The first-order valence-corrected chi connectivity index (χ1v) is 13.0. The van der Waals surface area contributed by atoms with Gasteiger partial charge >= 0.3 is 6.18 Å². The smallest absolute Gasteiger partial charge is 0.368 e. The van der Waals surface area contributed by atoms with Crippen LogP contribution in [0.3, 0.4) is 0 Å². The Kier molecular flexibility index (Phi) is 7.74. The second-order valence-corrected chi connectivity index (χ2v) is 9.59. The Balaban J connectivity index is 1.21. The summed E-state index contributed by atoms with van der Waals surface area (Å²) < 4.78 is 38.9. The van der Waals surface area contributed by atoms with Gasteiger partial charge in [-0.25, -0.2) is 0 Å². The summed E-state index contributed by atoms with van der Waals surface area (Å²) in [5, 5.41) is 12.0. The lowest BCUT2D eigenvalue weighted by atomic mass is 9.98. The summed E-state index contributed by atoms with van der Waals surface area (Å²) in [4.78, 5) is 29.9. The van der Waals surface area contributed by atoms with Gasteiger partial charge < -0.3 is 15.1 Å². The second-order valence-electron chi connectivity index (χ2n) is 9.59. The number of amides is 2. The van der Waals surface area contributed by atoms with Crippen LogP contribution in [0.5, 0.6) is 0 Å². The zero-order chi connectivity index (χ0) is 29.0. The molecule has 0 aliphatic carbocycles. The minimum absolute atomic E-state index is 0.101. The highest BCUT2D eigenvalue weighted by Crippen LogP contribution is 2.32. The first-order valence-electron chi connectivity index (χ1n) is 13.0. The maximum absolute atomic E-state index is 13.1. The molecule has 0 unspecified atom stereocenters. The SMILES string of the molecule is N#Cc1cccc(C(=O)N2CCN(c3ccc(NC(=O)c4ccccc4-c4ccc(C(F)(F)F)cc4)cc3)CC2)c1. The zero-order valence-electron chi connectivity index (χ0n) is 21.9. The summed E-state index contributed by atoms with van der Waals surface area (Å²) >= 11 is 0. The molecule has 9 heteroatoms. The van der Waals surface area contributed by atoms with Crippen LogP contribution < -0.4 is 10.2 Å². The minimum Gasteiger partial charge on any atom is -0.368 e. The highest BCUT2D eigenvalue weighted by molar-refractivity contribution is 6.08. The number of rotatable bonds is 5. The van der Waals surface area contributed by atoms with Crippen molar-refractivity contribution in [3.05, 3.63) is 119 Å². The number of hydrogen-bond donors (Lipinski definition) is 1. The molecule has 1 aliphatic heterocycles. The van der Waals surface area contributed by atoms with E-state index in [9.17, 15) is 22.8 Å². The number of nitrogens with zero attached hydrogens (tertiary/aromatic N) is 3. The van der Waals surface area contributed by atoms with Gasteiger partial charge in [0.05, 0.1) is 17.2 Å². The molecule has 1 fully saturated rings. The fourth-order valence-corrected chi connectivity index (χ4v) is 4.80. The molecule has 6 nitrogen and oxygen atoms in total. The molecule has 0 saturated carbocycles. The maximum atomic E-state index is 13.1. The number of piperazine rings is 1. The van der Waals surface area contributed by atoms with Crippen molar-refractivity contribution in [1.29, 1.82) is 5.26 Å². The average molecular weight is 555 g/mol. The van der Waals surface area contributed by atoms with Crippen molar-refractivity contribution in [3.8, 4) is 17.2 Å². The van der Waals surface area contributed by atoms with Gasteiger partial charge in [0.1, 0.15) is 0 Å². The van der Waals surface area contributed by atoms with E-state index in [1.165, 1.54) is 12.1 Å². The predicted molar refractivity (Wildman–Crippen MR) is 151 cm³/mol. The van der Waals surface area contributed by atoms with E-state index >= 15 is 0 Å². The first-order chi connectivity index (χ1) is 19.7. The first kappa shape index (κ1) is 27.5. The van der Waals surface area contributed by atoms with Crippen LogP contribution >= 0.6 is 0 Å².